The van der Waals surface area contributed by atoms with E-state index in [0.29, 0.717) is 36.7 Å². The molecule has 3 heterocycles. The lowest BCUT2D eigenvalue weighted by atomic mass is 10.0. The highest BCUT2D eigenvalue weighted by Crippen LogP contribution is 2.29. The lowest BCUT2D eigenvalue weighted by molar-refractivity contribution is -0.137. The van der Waals surface area contributed by atoms with Crippen molar-refractivity contribution in [3.05, 3.63) is 89.6 Å². The summed E-state index contributed by atoms with van der Waals surface area (Å²) in [4.78, 5) is 22.6. The molecule has 1 atom stereocenters. The second kappa shape index (κ2) is 14.9. The summed E-state index contributed by atoms with van der Waals surface area (Å²) in [6.45, 7) is 7.08. The third-order valence-corrected chi connectivity index (χ3v) is 6.16. The fourth-order valence-corrected chi connectivity index (χ4v) is 3.81. The van der Waals surface area contributed by atoms with Crippen LogP contribution in [0.4, 0.5) is 23.4 Å². The first-order chi connectivity index (χ1) is 18.6. The Bertz CT molecular complexity index is 1210. The van der Waals surface area contributed by atoms with Gasteiger partial charge >= 0.3 is 6.18 Å². The molecule has 6 nitrogen and oxygen atoms in total. The molecule has 0 saturated carbocycles. The summed E-state index contributed by atoms with van der Waals surface area (Å²) in [7, 11) is 4.50. The largest absolute Gasteiger partial charge is 0.417 e. The molecule has 0 aliphatic carbocycles. The molecule has 4 rings (SSSR count). The molecule has 2 N–H and O–H groups in total. The van der Waals surface area contributed by atoms with Gasteiger partial charge in [0.15, 0.2) is 0 Å². The molecule has 39 heavy (non-hydrogen) atoms. The molecule has 1 aliphatic rings. The molecular formula is C28H32BF4N5O. The summed E-state index contributed by atoms with van der Waals surface area (Å²) in [6.07, 6.45) is -0.252. The molecule has 0 bridgehead atoms. The third kappa shape index (κ3) is 8.83. The Hall–Kier alpha value is -3.89. The molecule has 1 saturated heterocycles. The number of benzene rings is 1. The number of halogens is 4. The van der Waals surface area contributed by atoms with E-state index in [2.05, 4.69) is 17.8 Å². The van der Waals surface area contributed by atoms with E-state index < -0.39 is 11.7 Å². The van der Waals surface area contributed by atoms with Gasteiger partial charge in [0.25, 0.3) is 0 Å². The van der Waals surface area contributed by atoms with Crippen molar-refractivity contribution in [2.75, 3.05) is 24.5 Å². The lowest BCUT2D eigenvalue weighted by Gasteiger charge is -2.22. The smallest absolute Gasteiger partial charge is 0.398 e. The van der Waals surface area contributed by atoms with E-state index in [1.54, 1.807) is 29.3 Å². The Morgan fingerprint density at radius 2 is 1.72 bits per heavy atom. The summed E-state index contributed by atoms with van der Waals surface area (Å²) in [5, 5.41) is 0. The molecule has 3 aromatic rings. The zero-order valence-corrected chi connectivity index (χ0v) is 22.2. The average molecular weight is 541 g/mol. The van der Waals surface area contributed by atoms with Crippen LogP contribution in [-0.4, -0.2) is 54.8 Å². The van der Waals surface area contributed by atoms with Gasteiger partial charge in [-0.1, -0.05) is 25.0 Å². The van der Waals surface area contributed by atoms with Crippen molar-refractivity contribution in [3.8, 4) is 0 Å². The molecule has 1 amide bonds. The van der Waals surface area contributed by atoms with Crippen molar-refractivity contribution in [2.45, 2.75) is 39.3 Å². The van der Waals surface area contributed by atoms with Crippen LogP contribution in [0.1, 0.15) is 37.1 Å². The summed E-state index contributed by atoms with van der Waals surface area (Å²) in [5.74, 6) is 0.193. The maximum atomic E-state index is 13.6. The number of nitrogens with two attached hydrogens (primary N) is 1. The SMILES string of the molecule is C/C(=C(/N)c1ccccc1F)c1ccccn1.CC1CCN(c2ccc(C(F)(F)F)cn2)CCN1C=O.[B]C. The Balaban J connectivity index is 0.000000260. The average Bonchev–Trinajstić information content (AvgIpc) is 3.15. The van der Waals surface area contributed by atoms with Crippen molar-refractivity contribution in [3.63, 3.8) is 0 Å². The van der Waals surface area contributed by atoms with Gasteiger partial charge in [-0.3, -0.25) is 9.78 Å². The number of pyridine rings is 2. The number of carbonyl (C=O) groups excluding carboxylic acids is 1. The van der Waals surface area contributed by atoms with Gasteiger partial charge in [-0.25, -0.2) is 9.37 Å². The highest BCUT2D eigenvalue weighted by Gasteiger charge is 2.31. The normalized spacial score (nSPS) is 16.0. The fourth-order valence-electron chi connectivity index (χ4n) is 3.81. The first-order valence-electron chi connectivity index (χ1n) is 12.3. The van der Waals surface area contributed by atoms with Crippen LogP contribution in [0.5, 0.6) is 0 Å². The van der Waals surface area contributed by atoms with Crippen LogP contribution in [0, 0.1) is 5.82 Å². The van der Waals surface area contributed by atoms with Crippen LogP contribution in [0.2, 0.25) is 6.82 Å². The van der Waals surface area contributed by atoms with Gasteiger partial charge in [-0.2, -0.15) is 13.2 Å². The Labute approximate surface area is 228 Å². The summed E-state index contributed by atoms with van der Waals surface area (Å²) < 4.78 is 51.0. The number of allylic oxidation sites excluding steroid dienone is 1. The van der Waals surface area contributed by atoms with Crippen molar-refractivity contribution in [1.29, 1.82) is 0 Å². The minimum absolute atomic E-state index is 0.131. The number of carbonyl (C=O) groups is 1. The fraction of sp³-hybridized carbons (Fsp3) is 0.321. The predicted octanol–water partition coefficient (Wildman–Crippen LogP) is 5.43. The van der Waals surface area contributed by atoms with Gasteiger partial charge < -0.3 is 15.5 Å². The van der Waals surface area contributed by atoms with Gasteiger partial charge in [0.05, 0.1) is 19.1 Å². The molecule has 0 spiro atoms. The Morgan fingerprint density at radius 3 is 2.28 bits per heavy atom. The van der Waals surface area contributed by atoms with Crippen LogP contribution in [0.25, 0.3) is 11.3 Å². The highest BCUT2D eigenvalue weighted by molar-refractivity contribution is 6.05. The number of rotatable bonds is 4. The van der Waals surface area contributed by atoms with Crippen molar-refractivity contribution in [2.24, 2.45) is 5.73 Å². The molecule has 1 aliphatic heterocycles. The van der Waals surface area contributed by atoms with Gasteiger partial charge in [0, 0.05) is 49.3 Å². The molecule has 2 aromatic heterocycles. The molecule has 11 heteroatoms. The molecule has 206 valence electrons. The first-order valence-corrected chi connectivity index (χ1v) is 12.3. The van der Waals surface area contributed by atoms with E-state index in [1.807, 2.05) is 36.9 Å². The number of alkyl halides is 3. The number of hydrogen-bond donors (Lipinski definition) is 1. The quantitative estimate of drug-likeness (QED) is 0.271. The van der Waals surface area contributed by atoms with E-state index in [9.17, 15) is 22.4 Å². The van der Waals surface area contributed by atoms with E-state index in [-0.39, 0.29) is 11.9 Å². The standard InChI is InChI=1S/C14H13FN2.C13H16F3N3O.CH3B/c1-10(13-8-4-5-9-17-13)14(16)11-6-2-3-7-12(11)15;1-10-4-5-18(6-7-19(10)9-20)12-3-2-11(8-17-12)13(14,15)16;1-2/h2-9H,16H2,1H3;2-3,8-10H,4-7H2,1H3;1H3/b14-10-;;. The monoisotopic (exact) mass is 541 g/mol. The maximum Gasteiger partial charge on any atom is 0.417 e. The van der Waals surface area contributed by atoms with Crippen molar-refractivity contribution in [1.82, 2.24) is 14.9 Å². The summed E-state index contributed by atoms with van der Waals surface area (Å²) in [5.41, 5.74) is 7.58. The number of hydrogen-bond acceptors (Lipinski definition) is 5. The third-order valence-electron chi connectivity index (χ3n) is 6.16. The second-order valence-electron chi connectivity index (χ2n) is 8.60. The van der Waals surface area contributed by atoms with Crippen molar-refractivity contribution < 1.29 is 22.4 Å². The zero-order chi connectivity index (χ0) is 29.0. The Kier molecular flexibility index (Phi) is 12.0. The number of nitrogens with zero attached hydrogens (tertiary/aromatic N) is 4. The zero-order valence-electron chi connectivity index (χ0n) is 22.2. The van der Waals surface area contributed by atoms with Crippen molar-refractivity contribution >= 4 is 31.3 Å². The molecular weight excluding hydrogens is 509 g/mol. The highest BCUT2D eigenvalue weighted by atomic mass is 19.4. The van der Waals surface area contributed by atoms with E-state index in [1.165, 1.54) is 19.0 Å². The molecule has 1 unspecified atom stereocenters. The first kappa shape index (κ1) is 31.3. The van der Waals surface area contributed by atoms with E-state index in [4.69, 9.17) is 5.73 Å². The van der Waals surface area contributed by atoms with Gasteiger partial charge in [0.2, 0.25) is 6.41 Å². The second-order valence-corrected chi connectivity index (χ2v) is 8.60. The number of anilines is 1. The minimum atomic E-state index is -4.37. The van der Waals surface area contributed by atoms with E-state index in [0.717, 1.165) is 36.4 Å². The maximum absolute atomic E-state index is 13.6. The number of aromatic nitrogens is 2. The molecule has 2 radical (unpaired) electrons. The van der Waals surface area contributed by atoms with Gasteiger partial charge in [0.1, 0.15) is 11.6 Å². The molecule has 1 fully saturated rings. The summed E-state index contributed by atoms with van der Waals surface area (Å²) >= 11 is 0. The predicted molar refractivity (Wildman–Crippen MR) is 147 cm³/mol. The van der Waals surface area contributed by atoms with Gasteiger partial charge in [-0.05, 0) is 62.2 Å². The van der Waals surface area contributed by atoms with Gasteiger partial charge in [-0.15, -0.1) is 0 Å². The number of amides is 1. The van der Waals surface area contributed by atoms with Crippen LogP contribution >= 0.6 is 0 Å². The topological polar surface area (TPSA) is 75.3 Å². The molecule has 1 aromatic carbocycles. The van der Waals surface area contributed by atoms with Crippen LogP contribution in [0.3, 0.4) is 0 Å². The summed E-state index contributed by atoms with van der Waals surface area (Å²) in [6, 6.07) is 14.6. The minimum Gasteiger partial charge on any atom is -0.398 e. The van der Waals surface area contributed by atoms with E-state index >= 15 is 0 Å². The Morgan fingerprint density at radius 1 is 1.03 bits per heavy atom. The van der Waals surface area contributed by atoms with Crippen LogP contribution in [-0.2, 0) is 11.0 Å². The van der Waals surface area contributed by atoms with Crippen LogP contribution in [0.15, 0.2) is 67.0 Å². The van der Waals surface area contributed by atoms with Crippen LogP contribution < -0.4 is 10.6 Å². The lowest BCUT2D eigenvalue weighted by Crippen LogP contribution is -2.33.